The van der Waals surface area contributed by atoms with Crippen molar-refractivity contribution in [3.8, 4) is 5.75 Å². The maximum Gasteiger partial charge on any atom is 0.322 e. The molecule has 0 saturated heterocycles. The topological polar surface area (TPSA) is 90.9 Å². The first kappa shape index (κ1) is 16.8. The fraction of sp³-hybridized carbons (Fsp3) is 0.222. The van der Waals surface area contributed by atoms with E-state index in [-0.39, 0.29) is 17.6 Å². The van der Waals surface area contributed by atoms with Crippen LogP contribution in [0.4, 0.5) is 10.5 Å². The Morgan fingerprint density at radius 2 is 1.96 bits per heavy atom. The van der Waals surface area contributed by atoms with Gasteiger partial charge in [-0.15, -0.1) is 0 Å². The lowest BCUT2D eigenvalue weighted by Crippen LogP contribution is -2.42. The Kier molecular flexibility index (Phi) is 4.85. The highest BCUT2D eigenvalue weighted by Crippen LogP contribution is 2.27. The van der Waals surface area contributed by atoms with Crippen LogP contribution in [0.25, 0.3) is 0 Å². The zero-order valence-electron chi connectivity index (χ0n) is 13.7. The Hall–Kier alpha value is -3.06. The first-order chi connectivity index (χ1) is 12.1. The fourth-order valence-electron chi connectivity index (χ4n) is 2.65. The Morgan fingerprint density at radius 1 is 1.20 bits per heavy atom. The number of para-hydroxylation sites is 1. The number of hydrogen-bond acceptors (Lipinski definition) is 4. The molecule has 2 aromatic carbocycles. The quantitative estimate of drug-likeness (QED) is 0.578. The molecule has 0 aliphatic carbocycles. The molecular formula is C18H19N3O4. The van der Waals surface area contributed by atoms with E-state index >= 15 is 0 Å². The number of hydrogen-bond donors (Lipinski definition) is 3. The Bertz CT molecular complexity index is 779. The van der Waals surface area contributed by atoms with E-state index in [1.54, 1.807) is 28.6 Å². The van der Waals surface area contributed by atoms with E-state index in [0.29, 0.717) is 18.9 Å². The van der Waals surface area contributed by atoms with Gasteiger partial charge in [-0.3, -0.25) is 10.0 Å². The molecule has 0 fully saturated rings. The number of nitrogens with zero attached hydrogens (tertiary/aromatic N) is 1. The minimum atomic E-state index is -0.609. The molecule has 25 heavy (non-hydrogen) atoms. The van der Waals surface area contributed by atoms with Crippen molar-refractivity contribution in [2.75, 3.05) is 11.9 Å². The molecule has 7 heteroatoms. The van der Waals surface area contributed by atoms with Gasteiger partial charge in [0.25, 0.3) is 5.91 Å². The molecule has 3 N–H and O–H groups in total. The summed E-state index contributed by atoms with van der Waals surface area (Å²) in [5.74, 6) is -0.0784. The highest BCUT2D eigenvalue weighted by Gasteiger charge is 2.26. The van der Waals surface area contributed by atoms with Gasteiger partial charge in [0.15, 0.2) is 0 Å². The molecule has 3 rings (SSSR count). The predicted octanol–water partition coefficient (Wildman–Crippen LogP) is 2.62. The van der Waals surface area contributed by atoms with Crippen molar-refractivity contribution in [1.29, 1.82) is 0 Å². The summed E-state index contributed by atoms with van der Waals surface area (Å²) >= 11 is 0. The molecule has 0 radical (unpaired) electrons. The lowest BCUT2D eigenvalue weighted by Gasteiger charge is -2.26. The van der Waals surface area contributed by atoms with Crippen LogP contribution >= 0.6 is 0 Å². The van der Waals surface area contributed by atoms with Crippen molar-refractivity contribution >= 4 is 17.6 Å². The van der Waals surface area contributed by atoms with E-state index in [1.165, 1.54) is 0 Å². The minimum Gasteiger partial charge on any atom is -0.491 e. The number of nitrogens with one attached hydrogen (secondary N) is 2. The van der Waals surface area contributed by atoms with Gasteiger partial charge in [0.2, 0.25) is 0 Å². The first-order valence-electron chi connectivity index (χ1n) is 7.91. The molecule has 0 saturated carbocycles. The molecule has 3 amide bonds. The smallest absolute Gasteiger partial charge is 0.322 e. The van der Waals surface area contributed by atoms with Crippen molar-refractivity contribution in [3.05, 3.63) is 59.7 Å². The average Bonchev–Trinajstić information content (AvgIpc) is 2.80. The second kappa shape index (κ2) is 7.23. The summed E-state index contributed by atoms with van der Waals surface area (Å²) in [6.07, 6.45) is 0. The largest absolute Gasteiger partial charge is 0.491 e. The maximum absolute atomic E-state index is 12.6. The van der Waals surface area contributed by atoms with Gasteiger partial charge < -0.3 is 15.0 Å². The number of anilines is 1. The number of carbonyl (C=O) groups excluding carboxylic acids is 2. The van der Waals surface area contributed by atoms with Gasteiger partial charge in [0.05, 0.1) is 12.6 Å². The summed E-state index contributed by atoms with van der Waals surface area (Å²) in [6.45, 7) is 2.56. The van der Waals surface area contributed by atoms with Crippen LogP contribution < -0.4 is 15.5 Å². The fourth-order valence-corrected chi connectivity index (χ4v) is 2.65. The average molecular weight is 341 g/mol. The normalized spacial score (nSPS) is 16.2. The number of hydroxylamine groups is 1. The van der Waals surface area contributed by atoms with Crippen LogP contribution in [-0.2, 0) is 6.54 Å². The Balaban J connectivity index is 1.80. The van der Waals surface area contributed by atoms with Crippen LogP contribution in [-0.4, -0.2) is 34.7 Å². The van der Waals surface area contributed by atoms with E-state index in [9.17, 15) is 9.59 Å². The van der Waals surface area contributed by atoms with Crippen molar-refractivity contribution < 1.29 is 19.5 Å². The molecule has 1 unspecified atom stereocenters. The number of amides is 3. The molecule has 1 heterocycles. The zero-order valence-corrected chi connectivity index (χ0v) is 13.7. The number of carbonyl (C=O) groups is 2. The van der Waals surface area contributed by atoms with Gasteiger partial charge in [-0.25, -0.2) is 10.3 Å². The van der Waals surface area contributed by atoms with Gasteiger partial charge in [-0.1, -0.05) is 24.3 Å². The summed E-state index contributed by atoms with van der Waals surface area (Å²) in [7, 11) is 0. The van der Waals surface area contributed by atoms with Crippen molar-refractivity contribution in [2.45, 2.75) is 19.5 Å². The van der Waals surface area contributed by atoms with Gasteiger partial charge >= 0.3 is 6.03 Å². The Labute approximate surface area is 145 Å². The van der Waals surface area contributed by atoms with Gasteiger partial charge in [-0.05, 0) is 31.2 Å². The monoisotopic (exact) mass is 341 g/mol. The molecule has 1 aliphatic heterocycles. The van der Waals surface area contributed by atoms with Crippen LogP contribution in [0.2, 0.25) is 0 Å². The van der Waals surface area contributed by atoms with Crippen LogP contribution in [0.15, 0.2) is 48.5 Å². The summed E-state index contributed by atoms with van der Waals surface area (Å²) in [4.78, 5) is 25.8. The molecular weight excluding hydrogens is 322 g/mol. The third kappa shape index (κ3) is 3.72. The zero-order chi connectivity index (χ0) is 17.8. The van der Waals surface area contributed by atoms with E-state index in [1.807, 2.05) is 37.3 Å². The molecule has 0 spiro atoms. The number of fused-ring (bicyclic) bond motifs is 1. The van der Waals surface area contributed by atoms with E-state index < -0.39 is 5.91 Å². The highest BCUT2D eigenvalue weighted by molar-refractivity contribution is 5.94. The summed E-state index contributed by atoms with van der Waals surface area (Å²) in [6, 6.07) is 13.7. The van der Waals surface area contributed by atoms with Crippen molar-refractivity contribution in [3.63, 3.8) is 0 Å². The second-order valence-electron chi connectivity index (χ2n) is 5.85. The van der Waals surface area contributed by atoms with Crippen LogP contribution in [0.1, 0.15) is 22.8 Å². The van der Waals surface area contributed by atoms with E-state index in [2.05, 4.69) is 5.32 Å². The number of urea groups is 1. The molecule has 7 nitrogen and oxygen atoms in total. The third-order valence-electron chi connectivity index (χ3n) is 4.07. The maximum atomic E-state index is 12.6. The lowest BCUT2D eigenvalue weighted by atomic mass is 10.1. The van der Waals surface area contributed by atoms with Crippen LogP contribution in [0.3, 0.4) is 0 Å². The number of benzene rings is 2. The van der Waals surface area contributed by atoms with Crippen LogP contribution in [0, 0.1) is 0 Å². The van der Waals surface area contributed by atoms with E-state index in [0.717, 1.165) is 11.3 Å². The molecule has 1 atom stereocenters. The molecule has 0 aromatic heterocycles. The second-order valence-corrected chi connectivity index (χ2v) is 5.85. The number of rotatable bonds is 2. The van der Waals surface area contributed by atoms with Crippen LogP contribution in [0.5, 0.6) is 5.75 Å². The first-order valence-corrected chi connectivity index (χ1v) is 7.91. The summed E-state index contributed by atoms with van der Waals surface area (Å²) < 4.78 is 5.74. The minimum absolute atomic E-state index is 0.147. The van der Waals surface area contributed by atoms with Gasteiger partial charge in [-0.2, -0.15) is 0 Å². The Morgan fingerprint density at radius 3 is 2.68 bits per heavy atom. The summed E-state index contributed by atoms with van der Waals surface area (Å²) in [5, 5.41) is 11.6. The van der Waals surface area contributed by atoms with Gasteiger partial charge in [0.1, 0.15) is 12.4 Å². The number of ether oxygens (including phenoxy) is 1. The van der Waals surface area contributed by atoms with Crippen molar-refractivity contribution in [2.24, 2.45) is 0 Å². The standard InChI is InChI=1S/C18H19N3O4/c1-12-11-25-16-9-13(17(22)20-24)7-8-14(16)10-21(12)18(23)19-15-5-3-2-4-6-15/h2-9,12,24H,10-11H2,1H3,(H,19,23)(H,20,22). The van der Waals surface area contributed by atoms with Crippen molar-refractivity contribution in [1.82, 2.24) is 10.4 Å². The lowest BCUT2D eigenvalue weighted by molar-refractivity contribution is 0.0706. The SMILES string of the molecule is CC1COc2cc(C(=O)NO)ccc2CN1C(=O)Nc1ccccc1. The molecule has 130 valence electrons. The van der Waals surface area contributed by atoms with Gasteiger partial charge in [0, 0.05) is 16.8 Å². The third-order valence-corrected chi connectivity index (χ3v) is 4.07. The highest BCUT2D eigenvalue weighted by atomic mass is 16.5. The molecule has 1 aliphatic rings. The van der Waals surface area contributed by atoms with E-state index in [4.69, 9.17) is 9.94 Å². The predicted molar refractivity (Wildman–Crippen MR) is 91.7 cm³/mol. The molecule has 0 bridgehead atoms. The summed E-state index contributed by atoms with van der Waals surface area (Å²) in [5.41, 5.74) is 3.40. The molecule has 2 aromatic rings.